The SMILES string of the molecule is c1ccc(-c2ccc(-n3c4ccccc4c4cc([Si]5(c6ccc(-c7nc(-c8ccccc8)nc(-c8ccccc8)n7)cc6)c6ccc(-c7ccccc7)cc6-c6cc(-c7ccccc7)ccc65)ccc43)cc2)cc1. The van der Waals surface area contributed by atoms with Gasteiger partial charge in [-0.3, -0.25) is 0 Å². The Morgan fingerprint density at radius 3 is 1.12 bits per heavy atom. The zero-order chi connectivity index (χ0) is 49.0. The first-order chi connectivity index (χ1) is 36.7. The van der Waals surface area contributed by atoms with Gasteiger partial charge in [-0.15, -0.1) is 0 Å². The summed E-state index contributed by atoms with van der Waals surface area (Å²) < 4.78 is 2.43. The first kappa shape index (κ1) is 43.3. The van der Waals surface area contributed by atoms with Crippen LogP contribution in [0.2, 0.25) is 0 Å². The van der Waals surface area contributed by atoms with Crippen LogP contribution in [0.4, 0.5) is 0 Å². The molecule has 0 amide bonds. The lowest BCUT2D eigenvalue weighted by Gasteiger charge is -2.32. The molecular formula is C69H46N4Si. The fourth-order valence-electron chi connectivity index (χ4n) is 11.5. The molecular weight excluding hydrogens is 913 g/mol. The minimum atomic E-state index is -3.11. The highest BCUT2D eigenvalue weighted by atomic mass is 28.3. The van der Waals surface area contributed by atoms with Crippen molar-refractivity contribution in [3.05, 3.63) is 279 Å². The molecule has 1 aliphatic rings. The molecule has 0 fully saturated rings. The van der Waals surface area contributed by atoms with E-state index in [1.54, 1.807) is 0 Å². The highest BCUT2D eigenvalue weighted by Gasteiger charge is 2.49. The van der Waals surface area contributed by atoms with Crippen molar-refractivity contribution < 1.29 is 0 Å². The number of fused-ring (bicyclic) bond motifs is 6. The summed E-state index contributed by atoms with van der Waals surface area (Å²) in [5, 5.41) is 7.84. The first-order valence-electron chi connectivity index (χ1n) is 25.3. The summed E-state index contributed by atoms with van der Waals surface area (Å²) >= 11 is 0. The minimum absolute atomic E-state index is 0.637. The van der Waals surface area contributed by atoms with Crippen molar-refractivity contribution in [2.24, 2.45) is 0 Å². The van der Waals surface area contributed by atoms with Crippen LogP contribution in [0.1, 0.15) is 0 Å². The standard InChI is InChI=1S/C69H46N4Si/c1-6-18-47(19-7-1)50-30-36-56(37-31-50)73-63-29-17-16-28-59(63)60-46-58(40-41-64(60)73)74(57-38-32-53(33-39-57)69-71-67(51-24-12-4-13-25-51)70-68(72-69)52-26-14-5-15-27-52)65-42-34-54(48-20-8-2-9-21-48)44-61(65)62-45-55(35-43-66(62)74)49-22-10-3-11-23-49/h1-46H. The molecule has 0 atom stereocenters. The van der Waals surface area contributed by atoms with Crippen molar-refractivity contribution >= 4 is 50.6 Å². The number of hydrogen-bond acceptors (Lipinski definition) is 3. The second-order valence-corrected chi connectivity index (χ2v) is 22.8. The molecule has 74 heavy (non-hydrogen) atoms. The fraction of sp³-hybridized carbons (Fsp3) is 0. The summed E-state index contributed by atoms with van der Waals surface area (Å²) in [5.74, 6) is 1.93. The van der Waals surface area contributed by atoms with Gasteiger partial charge in [0.15, 0.2) is 25.5 Å². The highest BCUT2D eigenvalue weighted by molar-refractivity contribution is 7.22. The van der Waals surface area contributed by atoms with E-state index in [9.17, 15) is 0 Å². The summed E-state index contributed by atoms with van der Waals surface area (Å²) in [7, 11) is -3.11. The van der Waals surface area contributed by atoms with Crippen molar-refractivity contribution in [1.29, 1.82) is 0 Å². The van der Waals surface area contributed by atoms with E-state index in [1.807, 2.05) is 36.4 Å². The molecule has 0 aliphatic carbocycles. The van der Waals surface area contributed by atoms with Gasteiger partial charge in [-0.25, -0.2) is 15.0 Å². The van der Waals surface area contributed by atoms with Gasteiger partial charge in [0.25, 0.3) is 0 Å². The van der Waals surface area contributed by atoms with Gasteiger partial charge in [-0.1, -0.05) is 243 Å². The van der Waals surface area contributed by atoms with Gasteiger partial charge in [0, 0.05) is 33.2 Å². The van der Waals surface area contributed by atoms with Crippen LogP contribution in [0.3, 0.4) is 0 Å². The molecule has 0 saturated carbocycles. The lowest BCUT2D eigenvalue weighted by molar-refractivity contribution is 1.07. The zero-order valence-corrected chi connectivity index (χ0v) is 41.3. The predicted molar refractivity (Wildman–Crippen MR) is 309 cm³/mol. The van der Waals surface area contributed by atoms with Crippen LogP contribution in [0.15, 0.2) is 279 Å². The summed E-state index contributed by atoms with van der Waals surface area (Å²) in [5.41, 5.74) is 16.1. The Balaban J connectivity index is 1.00. The van der Waals surface area contributed by atoms with Crippen molar-refractivity contribution in [2.75, 3.05) is 0 Å². The Labute approximate surface area is 431 Å². The average molecular weight is 959 g/mol. The van der Waals surface area contributed by atoms with Crippen LogP contribution in [0.5, 0.6) is 0 Å². The van der Waals surface area contributed by atoms with Gasteiger partial charge in [0.05, 0.1) is 11.0 Å². The Morgan fingerprint density at radius 1 is 0.257 bits per heavy atom. The molecule has 346 valence electrons. The van der Waals surface area contributed by atoms with Gasteiger partial charge in [0.2, 0.25) is 0 Å². The van der Waals surface area contributed by atoms with Crippen molar-refractivity contribution in [1.82, 2.24) is 19.5 Å². The quantitative estimate of drug-likeness (QED) is 0.135. The normalized spacial score (nSPS) is 12.4. The van der Waals surface area contributed by atoms with E-state index in [4.69, 9.17) is 15.0 Å². The minimum Gasteiger partial charge on any atom is -0.309 e. The maximum atomic E-state index is 5.15. The maximum Gasteiger partial charge on any atom is 0.180 e. The molecule has 0 radical (unpaired) electrons. The Morgan fingerprint density at radius 2 is 0.622 bits per heavy atom. The van der Waals surface area contributed by atoms with Crippen LogP contribution in [0.25, 0.3) is 106 Å². The lowest BCUT2D eigenvalue weighted by Crippen LogP contribution is -2.72. The third-order valence-corrected chi connectivity index (χ3v) is 19.8. The van der Waals surface area contributed by atoms with Gasteiger partial charge in [-0.2, -0.15) is 0 Å². The number of hydrogen-bond donors (Lipinski definition) is 0. The number of aromatic nitrogens is 4. The van der Waals surface area contributed by atoms with E-state index in [1.165, 1.54) is 87.1 Å². The zero-order valence-electron chi connectivity index (χ0n) is 40.3. The Hall–Kier alpha value is -9.55. The monoisotopic (exact) mass is 958 g/mol. The molecule has 3 heterocycles. The van der Waals surface area contributed by atoms with E-state index in [0.29, 0.717) is 17.5 Å². The number of nitrogens with zero attached hydrogens (tertiary/aromatic N) is 4. The first-order valence-corrected chi connectivity index (χ1v) is 27.3. The molecule has 13 aromatic rings. The van der Waals surface area contributed by atoms with E-state index in [2.05, 4.69) is 247 Å². The largest absolute Gasteiger partial charge is 0.309 e. The second-order valence-electron chi connectivity index (χ2n) is 19.1. The van der Waals surface area contributed by atoms with Crippen molar-refractivity contribution in [3.8, 4) is 84.4 Å². The summed E-state index contributed by atoms with van der Waals surface area (Å²) in [6.07, 6.45) is 0. The van der Waals surface area contributed by atoms with Gasteiger partial charge in [0.1, 0.15) is 0 Å². The molecule has 1 aliphatic heterocycles. The molecule has 14 rings (SSSR count). The molecule has 11 aromatic carbocycles. The average Bonchev–Trinajstić information content (AvgIpc) is 3.98. The van der Waals surface area contributed by atoms with E-state index >= 15 is 0 Å². The maximum absolute atomic E-state index is 5.15. The van der Waals surface area contributed by atoms with Crippen LogP contribution in [0, 0.1) is 0 Å². The smallest absolute Gasteiger partial charge is 0.180 e. The number of rotatable bonds is 9. The second kappa shape index (κ2) is 17.9. The van der Waals surface area contributed by atoms with Gasteiger partial charge >= 0.3 is 0 Å². The van der Waals surface area contributed by atoms with E-state index in [0.717, 1.165) is 22.4 Å². The van der Waals surface area contributed by atoms with Crippen LogP contribution in [-0.4, -0.2) is 27.6 Å². The highest BCUT2D eigenvalue weighted by Crippen LogP contribution is 2.38. The molecule has 2 aromatic heterocycles. The predicted octanol–water partition coefficient (Wildman–Crippen LogP) is 14.3. The van der Waals surface area contributed by atoms with Crippen molar-refractivity contribution in [3.63, 3.8) is 0 Å². The summed E-state index contributed by atoms with van der Waals surface area (Å²) in [6, 6.07) is 102. The van der Waals surface area contributed by atoms with Crippen LogP contribution < -0.4 is 20.7 Å². The third-order valence-electron chi connectivity index (χ3n) is 15.0. The lowest BCUT2D eigenvalue weighted by atomic mass is 9.96. The Bertz CT molecular complexity index is 4050. The molecule has 4 nitrogen and oxygen atoms in total. The summed E-state index contributed by atoms with van der Waals surface area (Å²) in [4.78, 5) is 15.3. The number of benzene rings is 11. The van der Waals surface area contributed by atoms with Crippen LogP contribution in [-0.2, 0) is 0 Å². The van der Waals surface area contributed by atoms with E-state index in [-0.39, 0.29) is 0 Å². The molecule has 0 spiro atoms. The molecule has 0 bridgehead atoms. The van der Waals surface area contributed by atoms with Crippen LogP contribution >= 0.6 is 0 Å². The summed E-state index contributed by atoms with van der Waals surface area (Å²) in [6.45, 7) is 0. The van der Waals surface area contributed by atoms with E-state index < -0.39 is 8.07 Å². The topological polar surface area (TPSA) is 43.6 Å². The number of para-hydroxylation sites is 1. The molecule has 5 heteroatoms. The van der Waals surface area contributed by atoms with Crippen molar-refractivity contribution in [2.45, 2.75) is 0 Å². The fourth-order valence-corrected chi connectivity index (χ4v) is 16.6. The Kier molecular flexibility index (Phi) is 10.5. The van der Waals surface area contributed by atoms with Gasteiger partial charge < -0.3 is 4.57 Å². The third kappa shape index (κ3) is 7.24. The molecule has 0 unspecified atom stereocenters. The van der Waals surface area contributed by atoms with Gasteiger partial charge in [-0.05, 0) is 102 Å². The molecule has 0 saturated heterocycles. The molecule has 0 N–H and O–H groups in total.